The maximum Gasteiger partial charge on any atom is 0.118 e. The minimum atomic E-state index is -0.523. The molecule has 0 aliphatic rings. The van der Waals surface area contributed by atoms with E-state index in [2.05, 4.69) is 6.58 Å². The third-order valence-electron chi connectivity index (χ3n) is 0.682. The van der Waals surface area contributed by atoms with Crippen LogP contribution in [0, 0.1) is 0 Å². The van der Waals surface area contributed by atoms with E-state index in [9.17, 15) is 4.39 Å². The molecule has 0 unspecified atom stereocenters. The molecule has 0 aromatic carbocycles. The highest BCUT2D eigenvalue weighted by Gasteiger charge is 1.82. The first-order chi connectivity index (χ1) is 5.16. The molecule has 0 atom stereocenters. The maximum atomic E-state index is 11.9. The predicted molar refractivity (Wildman–Crippen MR) is 48.7 cm³/mol. The Hall–Kier alpha value is -1.05. The average molecular weight is 157 g/mol. The van der Waals surface area contributed by atoms with Crippen LogP contribution >= 0.6 is 0 Å². The van der Waals surface area contributed by atoms with Crippen molar-refractivity contribution in [3.63, 3.8) is 0 Å². The second kappa shape index (κ2) is 8.95. The van der Waals surface area contributed by atoms with E-state index in [4.69, 9.17) is 5.73 Å². The summed E-state index contributed by atoms with van der Waals surface area (Å²) in [7, 11) is 0. The fourth-order valence-corrected chi connectivity index (χ4v) is 0.421. The molecule has 2 heteroatoms. The van der Waals surface area contributed by atoms with Gasteiger partial charge in [0.2, 0.25) is 0 Å². The predicted octanol–water partition coefficient (Wildman–Crippen LogP) is 2.91. The van der Waals surface area contributed by atoms with Crippen LogP contribution in [0.3, 0.4) is 0 Å². The van der Waals surface area contributed by atoms with Gasteiger partial charge in [-0.3, -0.25) is 0 Å². The lowest BCUT2D eigenvalue weighted by Gasteiger charge is -1.87. The summed E-state index contributed by atoms with van der Waals surface area (Å²) < 4.78 is 11.9. The molecule has 1 nitrogen and oxygen atoms in total. The summed E-state index contributed by atoms with van der Waals surface area (Å²) in [6, 6.07) is 0. The number of hydrogen-bond acceptors (Lipinski definition) is 1. The number of halogens is 1. The highest BCUT2D eigenvalue weighted by molar-refractivity contribution is 5.21. The lowest BCUT2D eigenvalue weighted by molar-refractivity contribution is 0.670. The van der Waals surface area contributed by atoms with E-state index in [0.717, 1.165) is 0 Å². The molecule has 0 bridgehead atoms. The van der Waals surface area contributed by atoms with Gasteiger partial charge in [0.15, 0.2) is 0 Å². The Kier molecular flexibility index (Phi) is 10.3. The monoisotopic (exact) mass is 157 g/mol. The summed E-state index contributed by atoms with van der Waals surface area (Å²) >= 11 is 0. The molecule has 0 spiro atoms. The first-order valence-electron chi connectivity index (χ1n) is 3.61. The minimum absolute atomic E-state index is 0.380. The van der Waals surface area contributed by atoms with Gasteiger partial charge >= 0.3 is 0 Å². The Morgan fingerprint density at radius 3 is 2.18 bits per heavy atom. The summed E-state index contributed by atoms with van der Waals surface area (Å²) in [5.41, 5.74) is 5.64. The minimum Gasteiger partial charge on any atom is -0.399 e. The molecule has 11 heavy (non-hydrogen) atoms. The molecule has 0 amide bonds. The van der Waals surface area contributed by atoms with Crippen molar-refractivity contribution in [1.29, 1.82) is 0 Å². The van der Waals surface area contributed by atoms with Gasteiger partial charge in [0, 0.05) is 5.70 Å². The highest BCUT2D eigenvalue weighted by atomic mass is 19.1. The summed E-state index contributed by atoms with van der Waals surface area (Å²) in [6.45, 7) is 8.83. The first-order valence-corrected chi connectivity index (χ1v) is 3.61. The zero-order valence-electron chi connectivity index (χ0n) is 7.39. The van der Waals surface area contributed by atoms with E-state index in [0.29, 0.717) is 5.70 Å². The number of rotatable bonds is 2. The molecular weight excluding hydrogens is 141 g/mol. The summed E-state index contributed by atoms with van der Waals surface area (Å²) in [4.78, 5) is 0. The molecule has 0 aromatic rings. The Labute approximate surface area is 68.1 Å². The molecular formula is C9H16FN. The molecule has 0 aliphatic heterocycles. The number of hydrogen-bond donors (Lipinski definition) is 1. The quantitative estimate of drug-likeness (QED) is 0.613. The summed E-state index contributed by atoms with van der Waals surface area (Å²) in [6.07, 6.45) is 4.50. The Morgan fingerprint density at radius 2 is 1.91 bits per heavy atom. The molecule has 0 aliphatic carbocycles. The zero-order valence-corrected chi connectivity index (χ0v) is 7.39. The average Bonchev–Trinajstić information content (AvgIpc) is 1.91. The number of nitrogens with two attached hydrogens (primary N) is 1. The summed E-state index contributed by atoms with van der Waals surface area (Å²) in [5.74, 6) is -0.523. The van der Waals surface area contributed by atoms with Crippen LogP contribution < -0.4 is 5.73 Å². The van der Waals surface area contributed by atoms with Gasteiger partial charge in [0.05, 0.1) is 0 Å². The van der Waals surface area contributed by atoms with Crippen LogP contribution in [0.15, 0.2) is 36.3 Å². The highest BCUT2D eigenvalue weighted by Crippen LogP contribution is 1.96. The van der Waals surface area contributed by atoms with Crippen molar-refractivity contribution >= 4 is 0 Å². The van der Waals surface area contributed by atoms with Crippen molar-refractivity contribution in [1.82, 2.24) is 0 Å². The second-order valence-electron chi connectivity index (χ2n) is 1.59. The Morgan fingerprint density at radius 1 is 1.45 bits per heavy atom. The molecule has 0 heterocycles. The molecule has 0 aromatic heterocycles. The smallest absolute Gasteiger partial charge is 0.118 e. The first kappa shape index (κ1) is 12.6. The molecule has 0 saturated carbocycles. The van der Waals surface area contributed by atoms with Crippen LogP contribution in [0.1, 0.15) is 20.8 Å². The van der Waals surface area contributed by atoms with E-state index in [-0.39, 0.29) is 0 Å². The van der Waals surface area contributed by atoms with Crippen molar-refractivity contribution in [3.8, 4) is 0 Å². The second-order valence-corrected chi connectivity index (χ2v) is 1.59. The largest absolute Gasteiger partial charge is 0.399 e. The van der Waals surface area contributed by atoms with Gasteiger partial charge in [-0.05, 0) is 19.1 Å². The standard InChI is InChI=1S/C7H10FN.C2H6/c1-3-4-7(9)5-6(2)8;1-2/h3-5H,2,9H2,1H3;1-2H3/b4-3-,7-5+;. The van der Waals surface area contributed by atoms with Crippen molar-refractivity contribution in [2.75, 3.05) is 0 Å². The van der Waals surface area contributed by atoms with E-state index in [1.54, 1.807) is 12.2 Å². The van der Waals surface area contributed by atoms with Crippen LogP contribution in [-0.4, -0.2) is 0 Å². The molecule has 2 N–H and O–H groups in total. The summed E-state index contributed by atoms with van der Waals surface area (Å²) in [5, 5.41) is 0. The fraction of sp³-hybridized carbons (Fsp3) is 0.333. The molecule has 64 valence electrons. The van der Waals surface area contributed by atoms with E-state index >= 15 is 0 Å². The van der Waals surface area contributed by atoms with Gasteiger partial charge in [-0.15, -0.1) is 0 Å². The molecule has 0 saturated heterocycles. The van der Waals surface area contributed by atoms with Crippen LogP contribution in [0.5, 0.6) is 0 Å². The van der Waals surface area contributed by atoms with Crippen molar-refractivity contribution in [2.24, 2.45) is 5.73 Å². The SMILES string of the molecule is C=C(F)/C=C(N)\C=C/C.CC. The van der Waals surface area contributed by atoms with Crippen LogP contribution in [0.4, 0.5) is 4.39 Å². The molecule has 0 radical (unpaired) electrons. The van der Waals surface area contributed by atoms with Crippen LogP contribution in [0.2, 0.25) is 0 Å². The van der Waals surface area contributed by atoms with Crippen LogP contribution in [-0.2, 0) is 0 Å². The number of allylic oxidation sites excluding steroid dienone is 4. The normalized spacial score (nSPS) is 10.7. The Balaban J connectivity index is 0. The zero-order chi connectivity index (χ0) is 9.28. The van der Waals surface area contributed by atoms with Gasteiger partial charge in [-0.1, -0.05) is 26.5 Å². The molecule has 0 rings (SSSR count). The molecule has 0 fully saturated rings. The van der Waals surface area contributed by atoms with Gasteiger partial charge in [-0.25, -0.2) is 4.39 Å². The lowest BCUT2D eigenvalue weighted by atomic mass is 10.3. The van der Waals surface area contributed by atoms with Crippen molar-refractivity contribution in [2.45, 2.75) is 20.8 Å². The van der Waals surface area contributed by atoms with Crippen molar-refractivity contribution in [3.05, 3.63) is 36.3 Å². The van der Waals surface area contributed by atoms with Crippen molar-refractivity contribution < 1.29 is 4.39 Å². The topological polar surface area (TPSA) is 26.0 Å². The maximum absolute atomic E-state index is 11.9. The third-order valence-corrected chi connectivity index (χ3v) is 0.682. The fourth-order valence-electron chi connectivity index (χ4n) is 0.421. The Bertz CT molecular complexity index is 157. The van der Waals surface area contributed by atoms with E-state index < -0.39 is 5.83 Å². The third kappa shape index (κ3) is 12.2. The van der Waals surface area contributed by atoms with Gasteiger partial charge in [-0.2, -0.15) is 0 Å². The van der Waals surface area contributed by atoms with Gasteiger partial charge < -0.3 is 5.73 Å². The lowest BCUT2D eigenvalue weighted by Crippen LogP contribution is -1.91. The van der Waals surface area contributed by atoms with E-state index in [1.165, 1.54) is 6.08 Å². The van der Waals surface area contributed by atoms with E-state index in [1.807, 2.05) is 20.8 Å². The van der Waals surface area contributed by atoms with Gasteiger partial charge in [0.25, 0.3) is 0 Å². The van der Waals surface area contributed by atoms with Gasteiger partial charge in [0.1, 0.15) is 5.83 Å². The van der Waals surface area contributed by atoms with Crippen LogP contribution in [0.25, 0.3) is 0 Å².